The Morgan fingerprint density at radius 2 is 1.95 bits per heavy atom. The number of fused-ring (bicyclic) bond motifs is 1. The van der Waals surface area contributed by atoms with Gasteiger partial charge in [-0.3, -0.25) is 4.79 Å². The predicted octanol–water partition coefficient (Wildman–Crippen LogP) is 2.93. The van der Waals surface area contributed by atoms with E-state index in [0.717, 1.165) is 41.0 Å². The van der Waals surface area contributed by atoms with Crippen LogP contribution in [0.25, 0.3) is 0 Å². The second-order valence-electron chi connectivity index (χ2n) is 7.02. The van der Waals surface area contributed by atoms with Crippen molar-refractivity contribution >= 4 is 5.91 Å². The Morgan fingerprint density at radius 3 is 2.59 bits per heavy atom. The quantitative estimate of drug-likeness (QED) is 0.902. The summed E-state index contributed by atoms with van der Waals surface area (Å²) >= 11 is 0. The molecule has 1 heterocycles. The first kappa shape index (κ1) is 15.2. The second-order valence-corrected chi connectivity index (χ2v) is 7.02. The average Bonchev–Trinajstić information content (AvgIpc) is 3.32. The van der Waals surface area contributed by atoms with Crippen molar-refractivity contribution in [1.82, 2.24) is 5.32 Å². The minimum Gasteiger partial charge on any atom is -0.507 e. The maximum atomic E-state index is 12.5. The van der Waals surface area contributed by atoms with Gasteiger partial charge in [-0.05, 0) is 69.6 Å². The molecule has 0 aromatic heterocycles. The summed E-state index contributed by atoms with van der Waals surface area (Å²) in [5.74, 6) is 1.77. The van der Waals surface area contributed by atoms with E-state index >= 15 is 0 Å². The molecule has 3 rings (SSSR count). The molecule has 1 aliphatic carbocycles. The molecule has 0 bridgehead atoms. The Bertz CT molecular complexity index is 634. The first-order valence-corrected chi connectivity index (χ1v) is 8.12. The molecule has 22 heavy (non-hydrogen) atoms. The highest BCUT2D eigenvalue weighted by molar-refractivity contribution is 5.85. The van der Waals surface area contributed by atoms with Crippen LogP contribution in [-0.2, 0) is 11.2 Å². The van der Waals surface area contributed by atoms with E-state index in [4.69, 9.17) is 4.74 Å². The third-order valence-electron chi connectivity index (χ3n) is 5.25. The first-order chi connectivity index (χ1) is 10.3. The van der Waals surface area contributed by atoms with Crippen molar-refractivity contribution in [2.75, 3.05) is 6.54 Å². The molecular weight excluding hydrogens is 278 g/mol. The SMILES string of the molecule is Cc1c(C)c2c(c(C)c1O)CCC(C)(C(=O)NCC1CC1)O2. The molecule has 0 saturated heterocycles. The summed E-state index contributed by atoms with van der Waals surface area (Å²) in [6, 6.07) is 0. The molecule has 4 heteroatoms. The number of benzene rings is 1. The number of carbonyl (C=O) groups excluding carboxylic acids is 1. The van der Waals surface area contributed by atoms with Gasteiger partial charge in [0.25, 0.3) is 5.91 Å². The normalized spacial score (nSPS) is 23.6. The monoisotopic (exact) mass is 303 g/mol. The molecule has 4 nitrogen and oxygen atoms in total. The van der Waals surface area contributed by atoms with E-state index in [9.17, 15) is 9.90 Å². The first-order valence-electron chi connectivity index (χ1n) is 8.12. The highest BCUT2D eigenvalue weighted by Crippen LogP contribution is 2.43. The number of phenolic OH excluding ortho intramolecular Hbond substituents is 1. The minimum absolute atomic E-state index is 0.0205. The van der Waals surface area contributed by atoms with Crippen molar-refractivity contribution in [3.05, 3.63) is 22.3 Å². The van der Waals surface area contributed by atoms with Gasteiger partial charge in [-0.15, -0.1) is 0 Å². The number of ether oxygens (including phenoxy) is 1. The molecule has 1 aromatic rings. The Kier molecular flexibility index (Phi) is 3.58. The summed E-state index contributed by atoms with van der Waals surface area (Å²) in [7, 11) is 0. The lowest BCUT2D eigenvalue weighted by Crippen LogP contribution is -2.51. The molecule has 0 radical (unpaired) electrons. The summed E-state index contributed by atoms with van der Waals surface area (Å²) in [6.07, 6.45) is 3.83. The Balaban J connectivity index is 1.87. The smallest absolute Gasteiger partial charge is 0.263 e. The molecule has 0 spiro atoms. The molecule has 1 atom stereocenters. The zero-order valence-electron chi connectivity index (χ0n) is 13.9. The van der Waals surface area contributed by atoms with Crippen molar-refractivity contribution in [2.24, 2.45) is 5.92 Å². The van der Waals surface area contributed by atoms with E-state index in [-0.39, 0.29) is 5.91 Å². The van der Waals surface area contributed by atoms with Crippen LogP contribution >= 0.6 is 0 Å². The van der Waals surface area contributed by atoms with Gasteiger partial charge in [-0.25, -0.2) is 0 Å². The number of hydrogen-bond donors (Lipinski definition) is 2. The predicted molar refractivity (Wildman–Crippen MR) is 85.4 cm³/mol. The number of carbonyl (C=O) groups is 1. The molecule has 1 unspecified atom stereocenters. The lowest BCUT2D eigenvalue weighted by Gasteiger charge is -2.36. The van der Waals surface area contributed by atoms with E-state index < -0.39 is 5.60 Å². The van der Waals surface area contributed by atoms with Crippen LogP contribution in [0, 0.1) is 26.7 Å². The van der Waals surface area contributed by atoms with Gasteiger partial charge < -0.3 is 15.2 Å². The van der Waals surface area contributed by atoms with Gasteiger partial charge in [0, 0.05) is 18.5 Å². The minimum atomic E-state index is -0.817. The van der Waals surface area contributed by atoms with E-state index in [0.29, 0.717) is 18.1 Å². The highest BCUT2D eigenvalue weighted by atomic mass is 16.5. The third kappa shape index (κ3) is 2.44. The second kappa shape index (κ2) is 5.18. The van der Waals surface area contributed by atoms with Crippen molar-refractivity contribution in [3.63, 3.8) is 0 Å². The molecule has 1 aromatic carbocycles. The molecule has 120 valence electrons. The molecule has 1 saturated carbocycles. The lowest BCUT2D eigenvalue weighted by atomic mass is 9.86. The van der Waals surface area contributed by atoms with Crippen molar-refractivity contribution < 1.29 is 14.6 Å². The number of amides is 1. The van der Waals surface area contributed by atoms with Gasteiger partial charge in [0.15, 0.2) is 5.60 Å². The highest BCUT2D eigenvalue weighted by Gasteiger charge is 2.41. The largest absolute Gasteiger partial charge is 0.507 e. The van der Waals surface area contributed by atoms with E-state index in [1.165, 1.54) is 12.8 Å². The maximum Gasteiger partial charge on any atom is 0.263 e. The van der Waals surface area contributed by atoms with Gasteiger partial charge in [0.2, 0.25) is 0 Å². The number of hydrogen-bond acceptors (Lipinski definition) is 3. The summed E-state index contributed by atoms with van der Waals surface area (Å²) in [6.45, 7) is 8.38. The van der Waals surface area contributed by atoms with Crippen LogP contribution in [0.15, 0.2) is 0 Å². The lowest BCUT2D eigenvalue weighted by molar-refractivity contribution is -0.137. The average molecular weight is 303 g/mol. The Morgan fingerprint density at radius 1 is 1.27 bits per heavy atom. The fraction of sp³-hybridized carbons (Fsp3) is 0.611. The molecule has 1 amide bonds. The Hall–Kier alpha value is -1.71. The topological polar surface area (TPSA) is 58.6 Å². The number of phenols is 1. The summed E-state index contributed by atoms with van der Waals surface area (Å²) < 4.78 is 6.16. The maximum absolute atomic E-state index is 12.5. The van der Waals surface area contributed by atoms with Crippen LogP contribution < -0.4 is 10.1 Å². The van der Waals surface area contributed by atoms with Crippen LogP contribution in [0.3, 0.4) is 0 Å². The molecule has 2 N–H and O–H groups in total. The van der Waals surface area contributed by atoms with E-state index in [2.05, 4.69) is 5.32 Å². The Labute approximate surface area is 131 Å². The summed E-state index contributed by atoms with van der Waals surface area (Å²) in [5, 5.41) is 13.2. The zero-order chi connectivity index (χ0) is 16.1. The molecule has 1 aliphatic heterocycles. The number of rotatable bonds is 3. The number of nitrogens with one attached hydrogen (secondary N) is 1. The van der Waals surface area contributed by atoms with Crippen molar-refractivity contribution in [3.8, 4) is 11.5 Å². The van der Waals surface area contributed by atoms with Gasteiger partial charge in [-0.2, -0.15) is 0 Å². The standard InChI is InChI=1S/C18H25NO3/c1-10-11(2)16-14(12(3)15(10)20)7-8-18(4,22-16)17(21)19-9-13-5-6-13/h13,20H,5-9H2,1-4H3,(H,19,21). The van der Waals surface area contributed by atoms with Crippen molar-refractivity contribution in [1.29, 1.82) is 0 Å². The third-order valence-corrected chi connectivity index (χ3v) is 5.25. The fourth-order valence-corrected chi connectivity index (χ4v) is 3.15. The van der Waals surface area contributed by atoms with Gasteiger partial charge in [-0.1, -0.05) is 0 Å². The molecule has 1 fully saturated rings. The van der Waals surface area contributed by atoms with Gasteiger partial charge in [0.05, 0.1) is 0 Å². The molecule has 2 aliphatic rings. The van der Waals surface area contributed by atoms with Crippen LogP contribution in [0.1, 0.15) is 48.4 Å². The van der Waals surface area contributed by atoms with Crippen LogP contribution in [0.4, 0.5) is 0 Å². The summed E-state index contributed by atoms with van der Waals surface area (Å²) in [5.41, 5.74) is 2.85. The fourth-order valence-electron chi connectivity index (χ4n) is 3.15. The van der Waals surface area contributed by atoms with E-state index in [1.807, 2.05) is 27.7 Å². The van der Waals surface area contributed by atoms with Gasteiger partial charge in [0.1, 0.15) is 11.5 Å². The van der Waals surface area contributed by atoms with Crippen molar-refractivity contribution in [2.45, 2.75) is 59.0 Å². The van der Waals surface area contributed by atoms with Gasteiger partial charge >= 0.3 is 0 Å². The van der Waals surface area contributed by atoms with Crippen LogP contribution in [0.2, 0.25) is 0 Å². The van der Waals surface area contributed by atoms with E-state index in [1.54, 1.807) is 0 Å². The van der Waals surface area contributed by atoms with Crippen LogP contribution in [-0.4, -0.2) is 23.2 Å². The zero-order valence-corrected chi connectivity index (χ0v) is 13.9. The molecular formula is C18H25NO3. The summed E-state index contributed by atoms with van der Waals surface area (Å²) in [4.78, 5) is 12.5. The van der Waals surface area contributed by atoms with Crippen LogP contribution in [0.5, 0.6) is 11.5 Å². The number of aromatic hydroxyl groups is 1.